The molecule has 0 aliphatic heterocycles. The zero-order valence-electron chi connectivity index (χ0n) is 75.7. The van der Waals surface area contributed by atoms with Gasteiger partial charge in [-0.25, -0.2) is 0 Å². The maximum Gasteiger partial charge on any atom is 0.260 e. The third kappa shape index (κ3) is 16.2. The van der Waals surface area contributed by atoms with Gasteiger partial charge in [-0.15, -0.1) is 0 Å². The summed E-state index contributed by atoms with van der Waals surface area (Å²) >= 11 is 0. The van der Waals surface area contributed by atoms with Crippen molar-refractivity contribution in [3.63, 3.8) is 0 Å². The van der Waals surface area contributed by atoms with Crippen LogP contribution in [0.2, 0.25) is 0 Å². The first-order valence-electron chi connectivity index (χ1n) is 45.8. The summed E-state index contributed by atoms with van der Waals surface area (Å²) in [5.41, 5.74) is 25.3. The molecule has 142 heavy (non-hydrogen) atoms. The maximum absolute atomic E-state index is 12.9. The number of ketones is 6. The minimum atomic E-state index is -1.09. The molecule has 6 aromatic carbocycles. The molecule has 12 heterocycles. The molecule has 0 saturated carbocycles. The van der Waals surface area contributed by atoms with E-state index >= 15 is 0 Å². The predicted octanol–water partition coefficient (Wildman–Crippen LogP) is 10.8. The summed E-state index contributed by atoms with van der Waals surface area (Å²) in [6, 6.07) is 56.9. The molecule has 0 radical (unpaired) electrons. The topological polar surface area (TPSA) is 485 Å². The molecule has 6 aliphatic rings. The van der Waals surface area contributed by atoms with Crippen molar-refractivity contribution in [3.8, 4) is 67.5 Å². The molecule has 0 unspecified atom stereocenters. The van der Waals surface area contributed by atoms with Crippen molar-refractivity contribution < 1.29 is 59.4 Å². The average Bonchev–Trinajstić information content (AvgIpc) is 1.60. The Bertz CT molecular complexity index is 7920. The molecular formula is C110H92N14O18. The van der Waals surface area contributed by atoms with Gasteiger partial charge in [0.05, 0.1) is 169 Å². The van der Waals surface area contributed by atoms with E-state index in [1.54, 1.807) is 191 Å². The standard InChI is InChI=1S/C19H16N2O2.2C18H15N3O2.3C18H14N2O4.CH4/c1-2-3-10-21-17-13-6-4-5-7-14(13)18(22)16(17)12-8-9-20-11-15(12)19(21)23;19-8-4-10-21-16-11-5-1-2-6-12(11)17(22)14(16)15-13(18(21)23)7-3-9-20-15;19-7-3-9-21-16-11-4-1-2-5-12(11)17(22)15(16)14-10-20-8-6-13(14)18(21)23;21-9-10(22)8-20-16-11-4-1-2-5-12(11)17(23)14(16)15-13(18(20)24)6-3-7-19-15;21-9-10(22)8-20-16-12-3-1-2-4-13(12)17(23)15(16)11-5-6-19-7-14(11)18(20)24;21-9-10(22)8-20-16-11-3-1-2-4-12(11)17(23)15(16)14-7-19-6-5-13(14)18(20)24;/h4-9,11H,2-3,10H2,1H3;1-3,5-7,9H,4,8,10,19H2;1-2,4-6,8,10H,3,7,9,19H2;3*1-7,10,21-22H,8-9H2;1H4/t;;;3*10-;/m...000./s1. The fourth-order valence-corrected chi connectivity index (χ4v) is 19.7. The normalized spacial score (nSPS) is 13.1. The Balaban J connectivity index is 0.000000112. The van der Waals surface area contributed by atoms with Crippen LogP contribution in [-0.2, 0) is 39.3 Å². The molecule has 12 aromatic heterocycles. The van der Waals surface area contributed by atoms with Gasteiger partial charge in [-0.1, -0.05) is 166 Å². The van der Waals surface area contributed by atoms with Gasteiger partial charge in [0, 0.05) is 170 Å². The summed E-state index contributed by atoms with van der Waals surface area (Å²) in [5.74, 6) is -0.612. The van der Waals surface area contributed by atoms with Gasteiger partial charge in [-0.3, -0.25) is 87.4 Å². The van der Waals surface area contributed by atoms with Crippen LogP contribution < -0.4 is 44.8 Å². The molecule has 710 valence electrons. The monoisotopic (exact) mass is 1900 g/mol. The average molecular weight is 1900 g/mol. The van der Waals surface area contributed by atoms with Gasteiger partial charge in [-0.2, -0.15) is 0 Å². The van der Waals surface area contributed by atoms with E-state index in [1.807, 2.05) is 60.7 Å². The van der Waals surface area contributed by atoms with Crippen molar-refractivity contribution in [2.45, 2.75) is 97.6 Å². The largest absolute Gasteiger partial charge is 0.394 e. The van der Waals surface area contributed by atoms with Crippen molar-refractivity contribution in [3.05, 3.63) is 385 Å². The Morgan fingerprint density at radius 3 is 0.803 bits per heavy atom. The number of unbranched alkanes of at least 4 members (excludes halogenated alkanes) is 1. The Morgan fingerprint density at radius 1 is 0.261 bits per heavy atom. The van der Waals surface area contributed by atoms with Crippen LogP contribution in [0.25, 0.3) is 132 Å². The van der Waals surface area contributed by atoms with E-state index < -0.39 is 38.1 Å². The number of nitrogens with zero attached hydrogens (tertiary/aromatic N) is 12. The molecule has 0 spiro atoms. The van der Waals surface area contributed by atoms with Gasteiger partial charge in [-0.05, 0) is 80.9 Å². The van der Waals surface area contributed by atoms with E-state index in [2.05, 4.69) is 36.8 Å². The predicted molar refractivity (Wildman–Crippen MR) is 537 cm³/mol. The molecule has 18 aromatic rings. The highest BCUT2D eigenvalue weighted by Gasteiger charge is 2.40. The number of nitrogens with two attached hydrogens (primary N) is 2. The third-order valence-corrected chi connectivity index (χ3v) is 26.0. The minimum Gasteiger partial charge on any atom is -0.394 e. The number of aliphatic hydroxyl groups excluding tert-OH is 6. The van der Waals surface area contributed by atoms with Crippen LogP contribution in [0.3, 0.4) is 0 Å². The van der Waals surface area contributed by atoms with E-state index in [0.717, 1.165) is 35.2 Å². The van der Waals surface area contributed by atoms with Crippen molar-refractivity contribution in [2.75, 3.05) is 32.9 Å². The van der Waals surface area contributed by atoms with Crippen LogP contribution in [0.4, 0.5) is 0 Å². The van der Waals surface area contributed by atoms with E-state index in [0.29, 0.717) is 222 Å². The molecule has 0 saturated heterocycles. The lowest BCUT2D eigenvalue weighted by Crippen LogP contribution is -2.30. The lowest BCUT2D eigenvalue weighted by Gasteiger charge is -2.16. The Kier molecular flexibility index (Phi) is 26.9. The van der Waals surface area contributed by atoms with Crippen molar-refractivity contribution in [1.82, 2.24) is 57.3 Å². The molecule has 32 nitrogen and oxygen atoms in total. The van der Waals surface area contributed by atoms with Gasteiger partial charge >= 0.3 is 0 Å². The highest BCUT2D eigenvalue weighted by molar-refractivity contribution is 6.31. The molecular weight excluding hydrogens is 1810 g/mol. The van der Waals surface area contributed by atoms with Gasteiger partial charge in [0.25, 0.3) is 33.4 Å². The van der Waals surface area contributed by atoms with Crippen LogP contribution in [0, 0.1) is 0 Å². The highest BCUT2D eigenvalue weighted by atomic mass is 16.3. The summed E-state index contributed by atoms with van der Waals surface area (Å²) in [5, 5.41) is 61.9. The molecule has 10 N–H and O–H groups in total. The van der Waals surface area contributed by atoms with E-state index in [4.69, 9.17) is 26.8 Å². The zero-order chi connectivity index (χ0) is 98.5. The molecule has 3 atom stereocenters. The molecule has 6 aliphatic carbocycles. The first kappa shape index (κ1) is 95.5. The third-order valence-electron chi connectivity index (χ3n) is 26.0. The number of rotatable bonds is 18. The summed E-state index contributed by atoms with van der Waals surface area (Å²) in [4.78, 5) is 179. The van der Waals surface area contributed by atoms with Crippen LogP contribution >= 0.6 is 0 Å². The summed E-state index contributed by atoms with van der Waals surface area (Å²) in [6.07, 6.45) is 15.5. The molecule has 0 fully saturated rings. The van der Waals surface area contributed by atoms with Crippen molar-refractivity contribution in [1.29, 1.82) is 0 Å². The molecule has 24 rings (SSSR count). The number of pyridine rings is 12. The Labute approximate surface area is 806 Å². The lowest BCUT2D eigenvalue weighted by molar-refractivity contribution is 0.0808. The van der Waals surface area contributed by atoms with Gasteiger partial charge < -0.3 is 69.5 Å². The van der Waals surface area contributed by atoms with Crippen LogP contribution in [0.5, 0.6) is 0 Å². The van der Waals surface area contributed by atoms with Gasteiger partial charge in [0.1, 0.15) is 0 Å². The Hall–Kier alpha value is -16.8. The summed E-state index contributed by atoms with van der Waals surface area (Å²) in [7, 11) is 0. The fraction of sp³-hybridized carbons (Fsp3) is 0.182. The number of benzene rings is 6. The van der Waals surface area contributed by atoms with E-state index in [9.17, 15) is 72.9 Å². The number of hydrogen-bond donors (Lipinski definition) is 8. The first-order chi connectivity index (χ1) is 68.6. The number of hydrogen-bond acceptors (Lipinski definition) is 26. The number of aliphatic hydroxyl groups is 6. The van der Waals surface area contributed by atoms with Crippen LogP contribution in [-0.4, -0.2) is 174 Å². The fourth-order valence-electron chi connectivity index (χ4n) is 19.7. The van der Waals surface area contributed by atoms with Crippen LogP contribution in [0.15, 0.2) is 285 Å². The smallest absolute Gasteiger partial charge is 0.260 e. The number of fused-ring (bicyclic) bond motifs is 30. The van der Waals surface area contributed by atoms with Crippen molar-refractivity contribution in [2.24, 2.45) is 11.5 Å². The second-order valence-corrected chi connectivity index (χ2v) is 34.3. The molecule has 32 heteroatoms. The first-order valence-corrected chi connectivity index (χ1v) is 45.8. The number of carbonyl (C=O) groups is 6. The van der Waals surface area contributed by atoms with E-state index in [1.165, 1.54) is 32.3 Å². The molecule has 0 bridgehead atoms. The van der Waals surface area contributed by atoms with Gasteiger partial charge in [0.2, 0.25) is 0 Å². The highest BCUT2D eigenvalue weighted by Crippen LogP contribution is 2.46. The minimum absolute atomic E-state index is 0. The maximum atomic E-state index is 12.9. The number of aromatic nitrogens is 12. The second-order valence-electron chi connectivity index (χ2n) is 34.3. The van der Waals surface area contributed by atoms with Crippen molar-refractivity contribution >= 4 is 99.6 Å². The van der Waals surface area contributed by atoms with Gasteiger partial charge in [0.15, 0.2) is 34.7 Å². The number of carbonyl (C=O) groups excluding carboxylic acids is 6. The summed E-state index contributed by atoms with van der Waals surface area (Å²) in [6.45, 7) is 2.99. The zero-order valence-corrected chi connectivity index (χ0v) is 75.7. The molecule has 0 amide bonds. The second kappa shape index (κ2) is 39.9. The quantitative estimate of drug-likeness (QED) is 0.0395. The SMILES string of the molecule is C.CCCCn1c2c(c3ccncc3c1=O)C(=O)c1ccccc1-2.NCCCn1c2c(c3cnccc3c1=O)C(=O)c1ccccc1-2.NCCCn1c2c(c3ncccc3c1=O)C(=O)c1ccccc1-2.O=C1c2ccccc2-c2c1c1ccncc1c(=O)n2C[C@H](O)CO.O=C1c2ccccc2-c2c1c1cnccc1c(=O)n2C[C@H](O)CO.O=C1c2ccccc2-c2c1c1ncccc1c(=O)n2C[C@H](O)CO. The summed E-state index contributed by atoms with van der Waals surface area (Å²) < 4.78 is 9.23. The lowest BCUT2D eigenvalue weighted by atomic mass is 10.0. The van der Waals surface area contributed by atoms with E-state index in [-0.39, 0.29) is 95.1 Å². The van der Waals surface area contributed by atoms with Crippen LogP contribution in [0.1, 0.15) is 136 Å². The Morgan fingerprint density at radius 2 is 0.493 bits per heavy atom.